The molecular weight excluding hydrogens is 248 g/mol. The van der Waals surface area contributed by atoms with Crippen molar-refractivity contribution in [1.82, 2.24) is 15.0 Å². The van der Waals surface area contributed by atoms with E-state index in [0.29, 0.717) is 5.69 Å². The molecule has 0 radical (unpaired) electrons. The van der Waals surface area contributed by atoms with E-state index in [1.165, 1.54) is 0 Å². The van der Waals surface area contributed by atoms with E-state index in [1.807, 2.05) is 61.5 Å². The third-order valence-corrected chi connectivity index (χ3v) is 3.07. The average molecular weight is 260 g/mol. The molecule has 1 heterocycles. The van der Waals surface area contributed by atoms with E-state index in [-0.39, 0.29) is 0 Å². The number of rotatable bonds is 2. The van der Waals surface area contributed by atoms with Crippen LogP contribution in [0.15, 0.2) is 54.6 Å². The van der Waals surface area contributed by atoms with Crippen molar-refractivity contribution in [3.63, 3.8) is 0 Å². The Kier molecular flexibility index (Phi) is 3.02. The van der Waals surface area contributed by atoms with Gasteiger partial charge in [0, 0.05) is 5.56 Å². The molecule has 0 amide bonds. The van der Waals surface area contributed by atoms with E-state index in [2.05, 4.69) is 16.4 Å². The van der Waals surface area contributed by atoms with Crippen molar-refractivity contribution in [2.45, 2.75) is 6.92 Å². The Balaban J connectivity index is 2.24. The molecule has 96 valence electrons. The van der Waals surface area contributed by atoms with Crippen LogP contribution in [0.25, 0.3) is 16.9 Å². The standard InChI is InChI=1S/C16H12N4/c1-12-6-5-7-13(10-12)16-15(11-17)18-19-20(16)14-8-3-2-4-9-14/h2-10H,1H3. The highest BCUT2D eigenvalue weighted by Crippen LogP contribution is 2.25. The second-order valence-corrected chi connectivity index (χ2v) is 4.52. The molecule has 0 saturated heterocycles. The molecule has 0 saturated carbocycles. The van der Waals surface area contributed by atoms with Crippen LogP contribution in [0.3, 0.4) is 0 Å². The summed E-state index contributed by atoms with van der Waals surface area (Å²) in [5, 5.41) is 17.3. The van der Waals surface area contributed by atoms with E-state index in [9.17, 15) is 5.26 Å². The van der Waals surface area contributed by atoms with Crippen molar-refractivity contribution in [2.24, 2.45) is 0 Å². The summed E-state index contributed by atoms with van der Waals surface area (Å²) in [4.78, 5) is 0. The van der Waals surface area contributed by atoms with Crippen LogP contribution in [0.5, 0.6) is 0 Å². The molecule has 0 aliphatic heterocycles. The van der Waals surface area contributed by atoms with Crippen molar-refractivity contribution in [1.29, 1.82) is 5.26 Å². The van der Waals surface area contributed by atoms with Gasteiger partial charge in [0.15, 0.2) is 5.69 Å². The summed E-state index contributed by atoms with van der Waals surface area (Å²) in [6.07, 6.45) is 0. The molecule has 0 aliphatic carbocycles. The minimum atomic E-state index is 0.333. The van der Waals surface area contributed by atoms with Crippen LogP contribution in [0.1, 0.15) is 11.3 Å². The number of benzene rings is 2. The van der Waals surface area contributed by atoms with E-state index in [0.717, 1.165) is 22.5 Å². The Hall–Kier alpha value is -2.93. The highest BCUT2D eigenvalue weighted by atomic mass is 15.4. The molecule has 3 rings (SSSR count). The number of nitriles is 1. The highest BCUT2D eigenvalue weighted by molar-refractivity contribution is 5.67. The summed E-state index contributed by atoms with van der Waals surface area (Å²) in [6, 6.07) is 19.8. The van der Waals surface area contributed by atoms with Crippen LogP contribution in [-0.2, 0) is 0 Å². The van der Waals surface area contributed by atoms with Crippen LogP contribution in [0, 0.1) is 18.3 Å². The van der Waals surface area contributed by atoms with Gasteiger partial charge < -0.3 is 0 Å². The van der Waals surface area contributed by atoms with Gasteiger partial charge in [0.2, 0.25) is 0 Å². The summed E-state index contributed by atoms with van der Waals surface area (Å²) in [5.41, 5.74) is 4.02. The molecule has 0 bridgehead atoms. The second-order valence-electron chi connectivity index (χ2n) is 4.52. The van der Waals surface area contributed by atoms with E-state index in [4.69, 9.17) is 0 Å². The van der Waals surface area contributed by atoms with E-state index < -0.39 is 0 Å². The first kappa shape index (κ1) is 12.1. The maximum atomic E-state index is 9.24. The predicted octanol–water partition coefficient (Wildman–Crippen LogP) is 3.11. The Morgan fingerprint density at radius 1 is 1.05 bits per heavy atom. The van der Waals surface area contributed by atoms with Gasteiger partial charge in [0.25, 0.3) is 0 Å². The largest absolute Gasteiger partial charge is 0.211 e. The molecule has 2 aromatic carbocycles. The van der Waals surface area contributed by atoms with Gasteiger partial charge in [-0.3, -0.25) is 0 Å². The van der Waals surface area contributed by atoms with Crippen molar-refractivity contribution in [2.75, 3.05) is 0 Å². The van der Waals surface area contributed by atoms with Crippen molar-refractivity contribution in [3.05, 3.63) is 65.9 Å². The Morgan fingerprint density at radius 2 is 1.85 bits per heavy atom. The summed E-state index contributed by atoms with van der Waals surface area (Å²) in [7, 11) is 0. The number of aryl methyl sites for hydroxylation is 1. The zero-order valence-electron chi connectivity index (χ0n) is 11.0. The zero-order chi connectivity index (χ0) is 13.9. The molecule has 0 unspecified atom stereocenters. The quantitative estimate of drug-likeness (QED) is 0.711. The highest BCUT2D eigenvalue weighted by Gasteiger charge is 2.15. The van der Waals surface area contributed by atoms with Crippen molar-refractivity contribution in [3.8, 4) is 23.0 Å². The molecule has 0 fully saturated rings. The molecular formula is C16H12N4. The van der Waals surface area contributed by atoms with E-state index in [1.54, 1.807) is 4.68 Å². The smallest absolute Gasteiger partial charge is 0.191 e. The molecule has 0 aliphatic rings. The minimum Gasteiger partial charge on any atom is -0.211 e. The fourth-order valence-electron chi connectivity index (χ4n) is 2.16. The molecule has 0 spiro atoms. The number of para-hydroxylation sites is 1. The van der Waals surface area contributed by atoms with Gasteiger partial charge in [-0.05, 0) is 25.1 Å². The summed E-state index contributed by atoms with van der Waals surface area (Å²) < 4.78 is 1.70. The van der Waals surface area contributed by atoms with Gasteiger partial charge in [-0.1, -0.05) is 47.2 Å². The lowest BCUT2D eigenvalue weighted by atomic mass is 10.1. The molecule has 1 aromatic heterocycles. The third-order valence-electron chi connectivity index (χ3n) is 3.07. The first-order valence-corrected chi connectivity index (χ1v) is 6.28. The van der Waals surface area contributed by atoms with E-state index >= 15 is 0 Å². The predicted molar refractivity (Wildman–Crippen MR) is 76.2 cm³/mol. The first-order valence-electron chi connectivity index (χ1n) is 6.28. The Labute approximate surface area is 116 Å². The lowest BCUT2D eigenvalue weighted by molar-refractivity contribution is 0.807. The van der Waals surface area contributed by atoms with Crippen LogP contribution in [-0.4, -0.2) is 15.0 Å². The lowest BCUT2D eigenvalue weighted by Crippen LogP contribution is -1.99. The minimum absolute atomic E-state index is 0.333. The Morgan fingerprint density at radius 3 is 2.55 bits per heavy atom. The first-order chi connectivity index (χ1) is 9.79. The second kappa shape index (κ2) is 4.98. The fraction of sp³-hybridized carbons (Fsp3) is 0.0625. The Bertz CT molecular complexity index is 782. The van der Waals surface area contributed by atoms with Gasteiger partial charge in [0.1, 0.15) is 11.8 Å². The maximum absolute atomic E-state index is 9.24. The molecule has 3 aromatic rings. The zero-order valence-corrected chi connectivity index (χ0v) is 11.0. The third kappa shape index (κ3) is 2.06. The fourth-order valence-corrected chi connectivity index (χ4v) is 2.16. The molecule has 0 atom stereocenters. The summed E-state index contributed by atoms with van der Waals surface area (Å²) >= 11 is 0. The molecule has 4 heteroatoms. The van der Waals surface area contributed by atoms with Crippen molar-refractivity contribution < 1.29 is 0 Å². The topological polar surface area (TPSA) is 54.5 Å². The monoisotopic (exact) mass is 260 g/mol. The van der Waals surface area contributed by atoms with Crippen LogP contribution in [0.4, 0.5) is 0 Å². The average Bonchev–Trinajstić information content (AvgIpc) is 2.92. The van der Waals surface area contributed by atoms with Crippen LogP contribution >= 0.6 is 0 Å². The maximum Gasteiger partial charge on any atom is 0.191 e. The lowest BCUT2D eigenvalue weighted by Gasteiger charge is -2.07. The summed E-state index contributed by atoms with van der Waals surface area (Å²) in [5.74, 6) is 0. The van der Waals surface area contributed by atoms with Gasteiger partial charge in [-0.2, -0.15) is 5.26 Å². The normalized spacial score (nSPS) is 10.2. The number of aromatic nitrogens is 3. The number of hydrogen-bond acceptors (Lipinski definition) is 3. The summed E-state index contributed by atoms with van der Waals surface area (Å²) in [6.45, 7) is 2.02. The number of hydrogen-bond donors (Lipinski definition) is 0. The van der Waals surface area contributed by atoms with Crippen LogP contribution < -0.4 is 0 Å². The van der Waals surface area contributed by atoms with Crippen molar-refractivity contribution >= 4 is 0 Å². The SMILES string of the molecule is Cc1cccc(-c2c(C#N)nnn2-c2ccccc2)c1. The van der Waals surface area contributed by atoms with Gasteiger partial charge in [-0.25, -0.2) is 4.68 Å². The molecule has 0 N–H and O–H groups in total. The van der Waals surface area contributed by atoms with Gasteiger partial charge >= 0.3 is 0 Å². The van der Waals surface area contributed by atoms with Gasteiger partial charge in [-0.15, -0.1) is 5.10 Å². The molecule has 20 heavy (non-hydrogen) atoms. The molecule has 4 nitrogen and oxygen atoms in total. The van der Waals surface area contributed by atoms with Crippen LogP contribution in [0.2, 0.25) is 0 Å². The number of nitrogens with zero attached hydrogens (tertiary/aromatic N) is 4. The van der Waals surface area contributed by atoms with Gasteiger partial charge in [0.05, 0.1) is 5.69 Å².